The highest BCUT2D eigenvalue weighted by molar-refractivity contribution is 5.30. The molecule has 0 aliphatic heterocycles. The molecule has 0 aromatic heterocycles. The summed E-state index contributed by atoms with van der Waals surface area (Å²) in [6.07, 6.45) is 2.28. The van der Waals surface area contributed by atoms with E-state index in [9.17, 15) is 5.11 Å². The van der Waals surface area contributed by atoms with E-state index in [1.54, 1.807) is 12.1 Å². The Balaban J connectivity index is 1.64. The quantitative estimate of drug-likeness (QED) is 0.858. The first kappa shape index (κ1) is 13.2. The third-order valence-electron chi connectivity index (χ3n) is 4.14. The third-order valence-corrected chi connectivity index (χ3v) is 4.14. The van der Waals surface area contributed by atoms with Gasteiger partial charge in [-0.2, -0.15) is 0 Å². The van der Waals surface area contributed by atoms with Gasteiger partial charge in [-0.05, 0) is 36.1 Å². The summed E-state index contributed by atoms with van der Waals surface area (Å²) in [6, 6.07) is 19.2. The van der Waals surface area contributed by atoms with Crippen LogP contribution in [0.3, 0.4) is 0 Å². The minimum Gasteiger partial charge on any atom is -0.508 e. The number of nitrogens with one attached hydrogen (secondary N) is 1. The van der Waals surface area contributed by atoms with Gasteiger partial charge in [0.05, 0.1) is 0 Å². The van der Waals surface area contributed by atoms with Crippen molar-refractivity contribution < 1.29 is 5.11 Å². The molecule has 1 saturated carbocycles. The summed E-state index contributed by atoms with van der Waals surface area (Å²) in [5, 5.41) is 13.1. The lowest BCUT2D eigenvalue weighted by molar-refractivity contribution is 0.472. The molecule has 3 atom stereocenters. The Kier molecular flexibility index (Phi) is 3.75. The van der Waals surface area contributed by atoms with Crippen LogP contribution in [0.1, 0.15) is 42.9 Å². The SMILES string of the molecule is CCC(NC1CC1c1ccccc1)c1ccc(O)cc1. The monoisotopic (exact) mass is 267 g/mol. The first-order valence-electron chi connectivity index (χ1n) is 7.38. The average Bonchev–Trinajstić information content (AvgIpc) is 3.26. The topological polar surface area (TPSA) is 32.3 Å². The van der Waals surface area contributed by atoms with Gasteiger partial charge in [0.25, 0.3) is 0 Å². The van der Waals surface area contributed by atoms with Crippen molar-refractivity contribution in [2.45, 2.75) is 37.8 Å². The van der Waals surface area contributed by atoms with Gasteiger partial charge in [-0.25, -0.2) is 0 Å². The molecule has 3 rings (SSSR count). The molecular formula is C18H21NO. The lowest BCUT2D eigenvalue weighted by Crippen LogP contribution is -2.24. The zero-order valence-corrected chi connectivity index (χ0v) is 11.8. The van der Waals surface area contributed by atoms with Crippen molar-refractivity contribution in [2.24, 2.45) is 0 Å². The Morgan fingerprint density at radius 2 is 1.80 bits per heavy atom. The summed E-state index contributed by atoms with van der Waals surface area (Å²) < 4.78 is 0. The fourth-order valence-electron chi connectivity index (χ4n) is 2.86. The van der Waals surface area contributed by atoms with E-state index in [0.717, 1.165) is 6.42 Å². The van der Waals surface area contributed by atoms with E-state index in [0.29, 0.717) is 23.8 Å². The van der Waals surface area contributed by atoms with Gasteiger partial charge in [0.1, 0.15) is 5.75 Å². The van der Waals surface area contributed by atoms with Crippen LogP contribution in [0.15, 0.2) is 54.6 Å². The zero-order chi connectivity index (χ0) is 13.9. The number of phenols is 1. The van der Waals surface area contributed by atoms with Crippen LogP contribution in [0.5, 0.6) is 5.75 Å². The number of rotatable bonds is 5. The number of aromatic hydroxyl groups is 1. The molecule has 2 heteroatoms. The molecule has 0 radical (unpaired) electrons. The fourth-order valence-corrected chi connectivity index (χ4v) is 2.86. The summed E-state index contributed by atoms with van der Waals surface area (Å²) in [5.74, 6) is 0.986. The number of hydrogen-bond donors (Lipinski definition) is 2. The van der Waals surface area contributed by atoms with E-state index in [1.165, 1.54) is 17.5 Å². The Morgan fingerprint density at radius 3 is 2.45 bits per heavy atom. The summed E-state index contributed by atoms with van der Waals surface area (Å²) in [6.45, 7) is 2.20. The summed E-state index contributed by atoms with van der Waals surface area (Å²) in [4.78, 5) is 0. The highest BCUT2D eigenvalue weighted by atomic mass is 16.3. The van der Waals surface area contributed by atoms with E-state index in [4.69, 9.17) is 0 Å². The predicted octanol–water partition coefficient (Wildman–Crippen LogP) is 3.99. The molecule has 20 heavy (non-hydrogen) atoms. The number of benzene rings is 2. The molecule has 2 nitrogen and oxygen atoms in total. The van der Waals surface area contributed by atoms with Crippen LogP contribution < -0.4 is 5.32 Å². The Labute approximate surface area is 120 Å². The molecule has 2 aromatic carbocycles. The largest absolute Gasteiger partial charge is 0.508 e. The molecule has 2 N–H and O–H groups in total. The van der Waals surface area contributed by atoms with E-state index in [2.05, 4.69) is 42.6 Å². The Hall–Kier alpha value is -1.80. The second kappa shape index (κ2) is 5.68. The van der Waals surface area contributed by atoms with Crippen LogP contribution in [0.2, 0.25) is 0 Å². The van der Waals surface area contributed by atoms with Crippen molar-refractivity contribution in [3.8, 4) is 5.75 Å². The lowest BCUT2D eigenvalue weighted by atomic mass is 10.0. The van der Waals surface area contributed by atoms with Crippen molar-refractivity contribution in [1.82, 2.24) is 5.32 Å². The van der Waals surface area contributed by atoms with E-state index in [1.807, 2.05) is 12.1 Å². The van der Waals surface area contributed by atoms with Crippen molar-refractivity contribution in [1.29, 1.82) is 0 Å². The number of phenolic OH excluding ortho intramolecular Hbond substituents is 1. The molecule has 0 heterocycles. The van der Waals surface area contributed by atoms with Crippen LogP contribution in [-0.4, -0.2) is 11.1 Å². The number of hydrogen-bond acceptors (Lipinski definition) is 2. The van der Waals surface area contributed by atoms with Crippen LogP contribution >= 0.6 is 0 Å². The third kappa shape index (κ3) is 2.86. The smallest absolute Gasteiger partial charge is 0.115 e. The molecule has 0 amide bonds. The van der Waals surface area contributed by atoms with E-state index < -0.39 is 0 Å². The minimum absolute atomic E-state index is 0.331. The molecule has 3 unspecified atom stereocenters. The first-order valence-corrected chi connectivity index (χ1v) is 7.38. The molecule has 1 aliphatic rings. The van der Waals surface area contributed by atoms with Crippen LogP contribution in [-0.2, 0) is 0 Å². The Morgan fingerprint density at radius 1 is 1.10 bits per heavy atom. The predicted molar refractivity (Wildman–Crippen MR) is 81.9 cm³/mol. The van der Waals surface area contributed by atoms with E-state index in [-0.39, 0.29) is 0 Å². The van der Waals surface area contributed by atoms with Crippen LogP contribution in [0.25, 0.3) is 0 Å². The van der Waals surface area contributed by atoms with Gasteiger partial charge >= 0.3 is 0 Å². The standard InChI is InChI=1S/C18H21NO/c1-2-17(14-8-10-15(20)11-9-14)19-18-12-16(18)13-6-4-3-5-7-13/h3-11,16-20H,2,12H2,1H3. The van der Waals surface area contributed by atoms with E-state index >= 15 is 0 Å². The maximum absolute atomic E-state index is 9.38. The van der Waals surface area contributed by atoms with Gasteiger partial charge in [-0.1, -0.05) is 49.4 Å². The van der Waals surface area contributed by atoms with Crippen LogP contribution in [0.4, 0.5) is 0 Å². The normalized spacial score (nSPS) is 22.4. The van der Waals surface area contributed by atoms with Gasteiger partial charge in [0.2, 0.25) is 0 Å². The zero-order valence-electron chi connectivity index (χ0n) is 11.8. The lowest BCUT2D eigenvalue weighted by Gasteiger charge is -2.17. The molecule has 0 bridgehead atoms. The van der Waals surface area contributed by atoms with Crippen molar-refractivity contribution >= 4 is 0 Å². The first-order chi connectivity index (χ1) is 9.78. The summed E-state index contributed by atoms with van der Waals surface area (Å²) in [7, 11) is 0. The van der Waals surface area contributed by atoms with Crippen molar-refractivity contribution in [3.05, 3.63) is 65.7 Å². The second-order valence-corrected chi connectivity index (χ2v) is 5.58. The molecule has 2 aromatic rings. The summed E-state index contributed by atoms with van der Waals surface area (Å²) in [5.41, 5.74) is 2.69. The van der Waals surface area contributed by atoms with Gasteiger partial charge in [0.15, 0.2) is 0 Å². The van der Waals surface area contributed by atoms with Gasteiger partial charge in [0, 0.05) is 18.0 Å². The molecule has 104 valence electrons. The Bertz CT molecular complexity index is 549. The average molecular weight is 267 g/mol. The maximum atomic E-state index is 9.38. The summed E-state index contributed by atoms with van der Waals surface area (Å²) >= 11 is 0. The maximum Gasteiger partial charge on any atom is 0.115 e. The fraction of sp³-hybridized carbons (Fsp3) is 0.333. The van der Waals surface area contributed by atoms with Gasteiger partial charge in [-0.15, -0.1) is 0 Å². The van der Waals surface area contributed by atoms with Gasteiger partial charge < -0.3 is 10.4 Å². The van der Waals surface area contributed by atoms with Crippen molar-refractivity contribution in [3.63, 3.8) is 0 Å². The van der Waals surface area contributed by atoms with Crippen LogP contribution in [0, 0.1) is 0 Å². The highest BCUT2D eigenvalue weighted by Crippen LogP contribution is 2.42. The molecule has 0 saturated heterocycles. The molecule has 0 spiro atoms. The second-order valence-electron chi connectivity index (χ2n) is 5.58. The molecule has 1 fully saturated rings. The minimum atomic E-state index is 0.331. The molecule has 1 aliphatic carbocycles. The highest BCUT2D eigenvalue weighted by Gasteiger charge is 2.39. The van der Waals surface area contributed by atoms with Gasteiger partial charge in [-0.3, -0.25) is 0 Å². The molecular weight excluding hydrogens is 246 g/mol. The van der Waals surface area contributed by atoms with Crippen molar-refractivity contribution in [2.75, 3.05) is 0 Å².